The second-order valence-electron chi connectivity index (χ2n) is 8.72. The van der Waals surface area contributed by atoms with Crippen molar-refractivity contribution < 1.29 is 18.1 Å². The molecular weight excluding hydrogens is 456 g/mol. The largest absolute Gasteiger partial charge is 0.379 e. The topological polar surface area (TPSA) is 114 Å². The number of nitrogens with one attached hydrogen (secondary N) is 1. The van der Waals surface area contributed by atoms with Crippen LogP contribution in [0.1, 0.15) is 56.1 Å². The van der Waals surface area contributed by atoms with E-state index in [1.807, 2.05) is 19.1 Å². The molecule has 34 heavy (non-hydrogen) atoms. The van der Waals surface area contributed by atoms with Gasteiger partial charge in [0.05, 0.1) is 29.5 Å². The van der Waals surface area contributed by atoms with Gasteiger partial charge in [-0.3, -0.25) is 15.5 Å². The molecular formula is C24H30N4O5S. The van der Waals surface area contributed by atoms with Crippen molar-refractivity contribution in [2.45, 2.75) is 49.8 Å². The third-order valence-corrected chi connectivity index (χ3v) is 8.45. The molecule has 4 rings (SSSR count). The Morgan fingerprint density at radius 2 is 1.76 bits per heavy atom. The minimum Gasteiger partial charge on any atom is -0.379 e. The van der Waals surface area contributed by atoms with Gasteiger partial charge in [-0.1, -0.05) is 43.5 Å². The fraction of sp³-hybridized carbons (Fsp3) is 0.458. The molecule has 0 aromatic heterocycles. The predicted molar refractivity (Wildman–Crippen MR) is 131 cm³/mol. The lowest BCUT2D eigenvalue weighted by Crippen LogP contribution is -2.40. The van der Waals surface area contributed by atoms with Gasteiger partial charge in [0, 0.05) is 25.2 Å². The van der Waals surface area contributed by atoms with E-state index in [4.69, 9.17) is 4.74 Å². The zero-order valence-corrected chi connectivity index (χ0v) is 20.1. The molecule has 1 saturated heterocycles. The van der Waals surface area contributed by atoms with Crippen LogP contribution in [0.25, 0.3) is 0 Å². The molecule has 182 valence electrons. The molecule has 2 aromatic carbocycles. The Kier molecular flexibility index (Phi) is 7.60. The van der Waals surface area contributed by atoms with Crippen LogP contribution in [0.5, 0.6) is 0 Å². The van der Waals surface area contributed by atoms with Crippen LogP contribution in [0.3, 0.4) is 0 Å². The van der Waals surface area contributed by atoms with Gasteiger partial charge in [0.2, 0.25) is 10.0 Å². The molecule has 1 N–H and O–H groups in total. The van der Waals surface area contributed by atoms with Gasteiger partial charge in [0.1, 0.15) is 4.90 Å². The molecule has 1 saturated carbocycles. The number of anilines is 1. The maximum Gasteiger partial charge on any atom is 0.270 e. The molecule has 1 heterocycles. The summed E-state index contributed by atoms with van der Waals surface area (Å²) in [5, 5.41) is 15.7. The molecule has 0 bridgehead atoms. The van der Waals surface area contributed by atoms with E-state index in [0.717, 1.165) is 11.6 Å². The Bertz CT molecular complexity index is 1150. The molecule has 0 radical (unpaired) electrons. The fourth-order valence-electron chi connectivity index (χ4n) is 4.50. The second-order valence-corrected chi connectivity index (χ2v) is 10.6. The van der Waals surface area contributed by atoms with E-state index in [-0.39, 0.29) is 42.6 Å². The zero-order valence-electron chi connectivity index (χ0n) is 19.3. The summed E-state index contributed by atoms with van der Waals surface area (Å²) in [5.74, 6) is 0.617. The van der Waals surface area contributed by atoms with E-state index in [1.165, 1.54) is 54.1 Å². The number of hydrazone groups is 1. The van der Waals surface area contributed by atoms with Crippen LogP contribution in [0.4, 0.5) is 11.4 Å². The average molecular weight is 487 g/mol. The highest BCUT2D eigenvalue weighted by Gasteiger charge is 2.30. The molecule has 10 heteroatoms. The van der Waals surface area contributed by atoms with E-state index in [2.05, 4.69) is 22.7 Å². The highest BCUT2D eigenvalue weighted by atomic mass is 32.2. The minimum atomic E-state index is -3.96. The van der Waals surface area contributed by atoms with Crippen molar-refractivity contribution in [3.05, 3.63) is 63.7 Å². The highest BCUT2D eigenvalue weighted by molar-refractivity contribution is 7.89. The number of morpholine rings is 1. The molecule has 2 fully saturated rings. The molecule has 0 atom stereocenters. The lowest BCUT2D eigenvalue weighted by molar-refractivity contribution is -0.385. The summed E-state index contributed by atoms with van der Waals surface area (Å²) in [7, 11) is -3.96. The first-order valence-corrected chi connectivity index (χ1v) is 13.1. The van der Waals surface area contributed by atoms with Crippen LogP contribution in [-0.2, 0) is 14.8 Å². The van der Waals surface area contributed by atoms with Crippen molar-refractivity contribution in [3.8, 4) is 0 Å². The van der Waals surface area contributed by atoms with Crippen LogP contribution in [0.2, 0.25) is 0 Å². The molecule has 1 aliphatic heterocycles. The molecule has 2 aromatic rings. The predicted octanol–water partition coefficient (Wildman–Crippen LogP) is 4.50. The number of nitro benzene ring substituents is 1. The Labute approximate surface area is 200 Å². The number of ether oxygens (including phenoxy) is 1. The molecule has 2 aliphatic rings. The number of hydrogen-bond donors (Lipinski definition) is 1. The van der Waals surface area contributed by atoms with E-state index in [0.29, 0.717) is 11.6 Å². The number of hydrogen-bond acceptors (Lipinski definition) is 7. The number of rotatable bonds is 7. The lowest BCUT2D eigenvalue weighted by atomic mass is 9.84. The summed E-state index contributed by atoms with van der Waals surface area (Å²) in [4.78, 5) is 10.5. The molecule has 0 amide bonds. The Morgan fingerprint density at radius 1 is 1.09 bits per heavy atom. The number of benzene rings is 2. The summed E-state index contributed by atoms with van der Waals surface area (Å²) in [6, 6.07) is 12.1. The summed E-state index contributed by atoms with van der Waals surface area (Å²) in [6.45, 7) is 2.79. The third-order valence-electron chi connectivity index (χ3n) is 6.51. The van der Waals surface area contributed by atoms with E-state index in [1.54, 1.807) is 0 Å². The van der Waals surface area contributed by atoms with Crippen molar-refractivity contribution in [1.29, 1.82) is 0 Å². The van der Waals surface area contributed by atoms with Gasteiger partial charge in [0.15, 0.2) is 0 Å². The maximum absolute atomic E-state index is 13.2. The van der Waals surface area contributed by atoms with Gasteiger partial charge >= 0.3 is 0 Å². The number of nitrogens with zero attached hydrogens (tertiary/aromatic N) is 3. The monoisotopic (exact) mass is 486 g/mol. The normalized spacial score (nSPS) is 18.6. The van der Waals surface area contributed by atoms with Crippen molar-refractivity contribution in [3.63, 3.8) is 0 Å². The first kappa shape index (κ1) is 24.3. The van der Waals surface area contributed by atoms with Gasteiger partial charge in [0.25, 0.3) is 5.69 Å². The standard InChI is InChI=1S/C24H30N4O5S/c1-18(19-7-9-21(10-8-19)20-5-3-2-4-6-20)25-26-23-12-11-22(28(29)30)17-24(23)34(31,32)27-13-15-33-16-14-27/h7-12,17,20,26H,2-6,13-16H2,1H3. The lowest BCUT2D eigenvalue weighted by Gasteiger charge is -2.26. The number of nitro groups is 1. The molecule has 9 nitrogen and oxygen atoms in total. The van der Waals surface area contributed by atoms with Gasteiger partial charge in [-0.05, 0) is 42.9 Å². The van der Waals surface area contributed by atoms with Crippen LogP contribution in [0, 0.1) is 10.1 Å². The van der Waals surface area contributed by atoms with Gasteiger partial charge in [-0.2, -0.15) is 9.41 Å². The number of non-ortho nitro benzene ring substituents is 1. The van der Waals surface area contributed by atoms with Crippen molar-refractivity contribution in [1.82, 2.24) is 4.31 Å². The molecule has 0 unspecified atom stereocenters. The average Bonchev–Trinajstić information content (AvgIpc) is 2.88. The smallest absolute Gasteiger partial charge is 0.270 e. The first-order chi connectivity index (χ1) is 16.4. The minimum absolute atomic E-state index is 0.173. The molecule has 1 aliphatic carbocycles. The Hall–Kier alpha value is -2.82. The van der Waals surface area contributed by atoms with Crippen molar-refractivity contribution >= 4 is 27.1 Å². The molecule has 0 spiro atoms. The van der Waals surface area contributed by atoms with Crippen molar-refractivity contribution in [2.75, 3.05) is 31.7 Å². The van der Waals surface area contributed by atoms with E-state index >= 15 is 0 Å². The van der Waals surface area contributed by atoms with Crippen LogP contribution in [-0.4, -0.2) is 49.7 Å². The Balaban J connectivity index is 1.57. The SMILES string of the molecule is CC(=NNc1ccc([N+](=O)[O-])cc1S(=O)(=O)N1CCOCC1)c1ccc(C2CCCCC2)cc1. The van der Waals surface area contributed by atoms with Crippen LogP contribution in [0.15, 0.2) is 52.5 Å². The van der Waals surface area contributed by atoms with Crippen LogP contribution >= 0.6 is 0 Å². The highest BCUT2D eigenvalue weighted by Crippen LogP contribution is 2.33. The van der Waals surface area contributed by atoms with Gasteiger partial charge in [-0.25, -0.2) is 8.42 Å². The second kappa shape index (κ2) is 10.6. The first-order valence-electron chi connectivity index (χ1n) is 11.6. The van der Waals surface area contributed by atoms with Crippen molar-refractivity contribution in [2.24, 2.45) is 5.10 Å². The number of sulfonamides is 1. The van der Waals surface area contributed by atoms with Gasteiger partial charge in [-0.15, -0.1) is 0 Å². The van der Waals surface area contributed by atoms with Gasteiger partial charge < -0.3 is 4.74 Å². The summed E-state index contributed by atoms with van der Waals surface area (Å²) in [6.07, 6.45) is 6.34. The Morgan fingerprint density at radius 3 is 2.41 bits per heavy atom. The quantitative estimate of drug-likeness (QED) is 0.350. The van der Waals surface area contributed by atoms with Crippen LogP contribution < -0.4 is 5.43 Å². The maximum atomic E-state index is 13.2. The van der Waals surface area contributed by atoms with E-state index in [9.17, 15) is 18.5 Å². The fourth-order valence-corrected chi connectivity index (χ4v) is 6.07. The third kappa shape index (κ3) is 5.45. The summed E-state index contributed by atoms with van der Waals surface area (Å²) in [5.41, 5.74) is 5.68. The zero-order chi connectivity index (χ0) is 24.1. The summed E-state index contributed by atoms with van der Waals surface area (Å²) >= 11 is 0. The van der Waals surface area contributed by atoms with E-state index < -0.39 is 14.9 Å². The summed E-state index contributed by atoms with van der Waals surface area (Å²) < 4.78 is 33.0.